The minimum atomic E-state index is -1.24. The third kappa shape index (κ3) is 2.72. The van der Waals surface area contributed by atoms with Crippen molar-refractivity contribution in [3.63, 3.8) is 0 Å². The highest BCUT2D eigenvalue weighted by Crippen LogP contribution is 2.23. The van der Waals surface area contributed by atoms with Gasteiger partial charge in [-0.1, -0.05) is 13.8 Å². The first kappa shape index (κ1) is 13.4. The first-order valence-corrected chi connectivity index (χ1v) is 5.56. The predicted octanol–water partition coefficient (Wildman–Crippen LogP) is 1.40. The second kappa shape index (κ2) is 4.69. The molecule has 0 bridgehead atoms. The van der Waals surface area contributed by atoms with Crippen LogP contribution in [0.1, 0.15) is 32.9 Å². The number of rotatable bonds is 4. The summed E-state index contributed by atoms with van der Waals surface area (Å²) in [5.74, 6) is -0.844. The van der Waals surface area contributed by atoms with Crippen molar-refractivity contribution in [2.24, 2.45) is 5.92 Å². The van der Waals surface area contributed by atoms with Gasteiger partial charge in [-0.15, -0.1) is 0 Å². The number of carboxylic acids is 1. The van der Waals surface area contributed by atoms with Gasteiger partial charge in [0.15, 0.2) is 0 Å². The van der Waals surface area contributed by atoms with E-state index in [0.717, 1.165) is 0 Å². The van der Waals surface area contributed by atoms with Crippen LogP contribution in [0, 0.1) is 12.8 Å². The number of hydrogen-bond donors (Lipinski definition) is 1. The zero-order valence-electron chi connectivity index (χ0n) is 10.6. The highest BCUT2D eigenvalue weighted by Gasteiger charge is 2.36. The maximum absolute atomic E-state index is 11.8. The summed E-state index contributed by atoms with van der Waals surface area (Å²) < 4.78 is 1.20. The maximum Gasteiger partial charge on any atom is 0.329 e. The number of hydrogen-bond acceptors (Lipinski definition) is 3. The first-order chi connectivity index (χ1) is 7.77. The molecule has 1 heterocycles. The van der Waals surface area contributed by atoms with Crippen LogP contribution in [0.5, 0.6) is 0 Å². The Morgan fingerprint density at radius 2 is 2.18 bits per heavy atom. The summed E-state index contributed by atoms with van der Waals surface area (Å²) in [5, 5.41) is 9.34. The van der Waals surface area contributed by atoms with Gasteiger partial charge in [-0.25, -0.2) is 9.78 Å². The van der Waals surface area contributed by atoms with Gasteiger partial charge < -0.3 is 5.11 Å². The Kier molecular flexibility index (Phi) is 3.70. The third-order valence-corrected chi connectivity index (χ3v) is 2.74. The largest absolute Gasteiger partial charge is 0.479 e. The Labute approximate surface area is 100 Å². The average molecular weight is 238 g/mol. The Morgan fingerprint density at radius 3 is 2.59 bits per heavy atom. The molecule has 5 heteroatoms. The molecule has 0 aliphatic rings. The zero-order chi connectivity index (χ0) is 13.2. The van der Waals surface area contributed by atoms with Crippen molar-refractivity contribution in [3.05, 3.63) is 28.4 Å². The maximum atomic E-state index is 11.8. The molecule has 1 unspecified atom stereocenters. The lowest BCUT2D eigenvalue weighted by atomic mass is 9.90. The fraction of sp³-hybridized carbons (Fsp3) is 0.583. The van der Waals surface area contributed by atoms with Crippen LogP contribution in [-0.2, 0) is 10.3 Å². The first-order valence-electron chi connectivity index (χ1n) is 5.56. The van der Waals surface area contributed by atoms with Crippen LogP contribution >= 0.6 is 0 Å². The summed E-state index contributed by atoms with van der Waals surface area (Å²) in [5.41, 5.74) is -0.988. The van der Waals surface area contributed by atoms with E-state index in [1.165, 1.54) is 17.0 Å². The lowest BCUT2D eigenvalue weighted by Crippen LogP contribution is -2.46. The van der Waals surface area contributed by atoms with Crippen molar-refractivity contribution in [1.82, 2.24) is 9.55 Å². The molecule has 1 rings (SSSR count). The molecular weight excluding hydrogens is 220 g/mol. The van der Waals surface area contributed by atoms with E-state index in [1.807, 2.05) is 13.8 Å². The Bertz CT molecular complexity index is 479. The summed E-state index contributed by atoms with van der Waals surface area (Å²) in [6.07, 6.45) is 1.70. The number of carbonyl (C=O) groups is 1. The summed E-state index contributed by atoms with van der Waals surface area (Å²) in [6.45, 7) is 7.10. The van der Waals surface area contributed by atoms with E-state index in [1.54, 1.807) is 13.8 Å². The van der Waals surface area contributed by atoms with Gasteiger partial charge in [0.2, 0.25) is 0 Å². The van der Waals surface area contributed by atoms with Crippen LogP contribution in [0.3, 0.4) is 0 Å². The topological polar surface area (TPSA) is 72.2 Å². The average Bonchev–Trinajstić information content (AvgIpc) is 2.15. The summed E-state index contributed by atoms with van der Waals surface area (Å²) >= 11 is 0. The van der Waals surface area contributed by atoms with Crippen LogP contribution in [0.4, 0.5) is 0 Å². The number of aromatic nitrogens is 2. The smallest absolute Gasteiger partial charge is 0.329 e. The quantitative estimate of drug-likeness (QED) is 0.860. The highest BCUT2D eigenvalue weighted by molar-refractivity contribution is 5.76. The van der Waals surface area contributed by atoms with Crippen molar-refractivity contribution >= 4 is 5.97 Å². The fourth-order valence-electron chi connectivity index (χ4n) is 1.95. The number of carboxylic acid groups (broad SMARTS) is 1. The SMILES string of the molecule is Cc1cc(=O)n(C(C)(CC(C)C)C(=O)O)cn1. The second-order valence-corrected chi connectivity index (χ2v) is 4.92. The molecule has 0 saturated carbocycles. The van der Waals surface area contributed by atoms with Gasteiger partial charge in [0, 0.05) is 11.8 Å². The van der Waals surface area contributed by atoms with E-state index < -0.39 is 11.5 Å². The molecule has 1 atom stereocenters. The Morgan fingerprint density at radius 1 is 1.59 bits per heavy atom. The number of aliphatic carboxylic acids is 1. The van der Waals surface area contributed by atoms with E-state index in [9.17, 15) is 14.7 Å². The molecule has 0 saturated heterocycles. The molecule has 0 aliphatic carbocycles. The van der Waals surface area contributed by atoms with Crippen molar-refractivity contribution in [2.75, 3.05) is 0 Å². The highest BCUT2D eigenvalue weighted by atomic mass is 16.4. The summed E-state index contributed by atoms with van der Waals surface area (Å²) in [4.78, 5) is 27.2. The molecule has 0 fully saturated rings. The van der Waals surface area contributed by atoms with Gasteiger partial charge in [0.25, 0.3) is 5.56 Å². The van der Waals surface area contributed by atoms with Crippen molar-refractivity contribution in [1.29, 1.82) is 0 Å². The molecular formula is C12H18N2O3. The molecule has 1 N–H and O–H groups in total. The molecule has 0 amide bonds. The van der Waals surface area contributed by atoms with E-state index in [2.05, 4.69) is 4.98 Å². The third-order valence-electron chi connectivity index (χ3n) is 2.74. The van der Waals surface area contributed by atoms with Gasteiger partial charge in [0.1, 0.15) is 5.54 Å². The van der Waals surface area contributed by atoms with Crippen LogP contribution in [0.25, 0.3) is 0 Å². The second-order valence-electron chi connectivity index (χ2n) is 4.92. The van der Waals surface area contributed by atoms with E-state index in [-0.39, 0.29) is 11.5 Å². The Balaban J connectivity index is 3.32. The van der Waals surface area contributed by atoms with Gasteiger partial charge >= 0.3 is 5.97 Å². The van der Waals surface area contributed by atoms with Crippen molar-refractivity contribution in [3.8, 4) is 0 Å². The van der Waals surface area contributed by atoms with Gasteiger partial charge in [-0.3, -0.25) is 9.36 Å². The van der Waals surface area contributed by atoms with E-state index in [0.29, 0.717) is 12.1 Å². The lowest BCUT2D eigenvalue weighted by Gasteiger charge is -2.28. The molecule has 5 nitrogen and oxygen atoms in total. The molecule has 0 aromatic carbocycles. The fourth-order valence-corrected chi connectivity index (χ4v) is 1.95. The minimum Gasteiger partial charge on any atom is -0.479 e. The lowest BCUT2D eigenvalue weighted by molar-refractivity contribution is -0.147. The molecule has 0 spiro atoms. The summed E-state index contributed by atoms with van der Waals surface area (Å²) in [7, 11) is 0. The van der Waals surface area contributed by atoms with Gasteiger partial charge in [-0.05, 0) is 26.2 Å². The Hall–Kier alpha value is -1.65. The minimum absolute atomic E-state index is 0.171. The van der Waals surface area contributed by atoms with Crippen LogP contribution in [-0.4, -0.2) is 20.6 Å². The number of aryl methyl sites for hydroxylation is 1. The van der Waals surface area contributed by atoms with Gasteiger partial charge in [-0.2, -0.15) is 0 Å². The molecule has 1 aromatic rings. The van der Waals surface area contributed by atoms with E-state index in [4.69, 9.17) is 0 Å². The van der Waals surface area contributed by atoms with Crippen LogP contribution in [0.2, 0.25) is 0 Å². The molecule has 0 aliphatic heterocycles. The standard InChI is InChI=1S/C12H18N2O3/c1-8(2)6-12(4,11(16)17)14-7-13-9(3)5-10(14)15/h5,7-8H,6H2,1-4H3,(H,16,17). The predicted molar refractivity (Wildman–Crippen MR) is 64.0 cm³/mol. The normalized spacial score (nSPS) is 14.6. The monoisotopic (exact) mass is 238 g/mol. The summed E-state index contributed by atoms with van der Waals surface area (Å²) in [6, 6.07) is 1.35. The number of nitrogens with zero attached hydrogens (tertiary/aromatic N) is 2. The molecule has 1 aromatic heterocycles. The van der Waals surface area contributed by atoms with Crippen molar-refractivity contribution < 1.29 is 9.90 Å². The molecule has 17 heavy (non-hydrogen) atoms. The van der Waals surface area contributed by atoms with Gasteiger partial charge in [0.05, 0.1) is 6.33 Å². The molecule has 94 valence electrons. The van der Waals surface area contributed by atoms with Crippen molar-refractivity contribution in [2.45, 2.75) is 39.7 Å². The van der Waals surface area contributed by atoms with Crippen LogP contribution < -0.4 is 5.56 Å². The molecule has 0 radical (unpaired) electrons. The zero-order valence-corrected chi connectivity index (χ0v) is 10.6. The van der Waals surface area contributed by atoms with Crippen LogP contribution in [0.15, 0.2) is 17.2 Å². The van der Waals surface area contributed by atoms with E-state index >= 15 is 0 Å².